The van der Waals surface area contributed by atoms with Gasteiger partial charge in [0.25, 0.3) is 0 Å². The third-order valence-electron chi connectivity index (χ3n) is 4.19. The van der Waals surface area contributed by atoms with Crippen molar-refractivity contribution in [3.63, 3.8) is 0 Å². The number of aliphatic hydroxyl groups excluding tert-OH is 1. The van der Waals surface area contributed by atoms with Gasteiger partial charge in [-0.1, -0.05) is 37.6 Å². The number of nitrogens with one attached hydrogen (secondary N) is 2. The van der Waals surface area contributed by atoms with Crippen LogP contribution in [-0.4, -0.2) is 27.7 Å². The number of aliphatic hydroxyl groups is 1. The van der Waals surface area contributed by atoms with E-state index < -0.39 is 0 Å². The van der Waals surface area contributed by atoms with Gasteiger partial charge in [0.1, 0.15) is 5.82 Å². The molecule has 24 heavy (non-hydrogen) atoms. The number of hydrogen-bond donors (Lipinski definition) is 3. The highest BCUT2D eigenvalue weighted by Crippen LogP contribution is 2.40. The summed E-state index contributed by atoms with van der Waals surface area (Å²) in [6, 6.07) is 9.48. The maximum atomic E-state index is 9.54. The average molecular weight is 347 g/mol. The van der Waals surface area contributed by atoms with Crippen molar-refractivity contribution < 1.29 is 5.11 Å². The second-order valence-electron chi connectivity index (χ2n) is 6.56. The van der Waals surface area contributed by atoms with Crippen molar-refractivity contribution in [2.24, 2.45) is 5.92 Å². The highest BCUT2D eigenvalue weighted by atomic mass is 35.5. The summed E-state index contributed by atoms with van der Waals surface area (Å²) in [5.41, 5.74) is 1.84. The maximum absolute atomic E-state index is 9.54. The Balaban J connectivity index is 1.87. The molecule has 0 radical (unpaired) electrons. The summed E-state index contributed by atoms with van der Waals surface area (Å²) in [5.74, 6) is 2.04. The van der Waals surface area contributed by atoms with Crippen LogP contribution in [0.15, 0.2) is 30.3 Å². The second-order valence-corrected chi connectivity index (χ2v) is 6.97. The standard InChI is InChI=1S/C18H23ClN4O/c1-11(2)16(10-24)22-18-21-15(12-7-8-12)9-17(23-18)20-14-6-4-3-5-13(14)19/h3-6,9,11-12,16,24H,7-8,10H2,1-2H3,(H2,20,21,22,23)/t16-/m0/s1. The highest BCUT2D eigenvalue weighted by molar-refractivity contribution is 6.33. The Kier molecular flexibility index (Phi) is 5.21. The first-order valence-electron chi connectivity index (χ1n) is 8.34. The third kappa shape index (κ3) is 4.16. The summed E-state index contributed by atoms with van der Waals surface area (Å²) in [6.45, 7) is 4.16. The van der Waals surface area contributed by atoms with Crippen LogP contribution in [0.5, 0.6) is 0 Å². The topological polar surface area (TPSA) is 70.1 Å². The average Bonchev–Trinajstić information content (AvgIpc) is 3.39. The van der Waals surface area contributed by atoms with Crippen molar-refractivity contribution in [1.29, 1.82) is 0 Å². The Morgan fingerprint density at radius 3 is 2.62 bits per heavy atom. The number of hydrogen-bond acceptors (Lipinski definition) is 5. The molecule has 128 valence electrons. The first-order chi connectivity index (χ1) is 11.6. The monoisotopic (exact) mass is 346 g/mol. The largest absolute Gasteiger partial charge is 0.394 e. The quantitative estimate of drug-likeness (QED) is 0.701. The molecule has 1 aliphatic rings. The highest BCUT2D eigenvalue weighted by Gasteiger charge is 2.26. The molecule has 1 aliphatic carbocycles. The van der Waals surface area contributed by atoms with Crippen molar-refractivity contribution in [2.75, 3.05) is 17.2 Å². The van der Waals surface area contributed by atoms with Gasteiger partial charge in [-0.15, -0.1) is 0 Å². The fraction of sp³-hybridized carbons (Fsp3) is 0.444. The molecule has 6 heteroatoms. The summed E-state index contributed by atoms with van der Waals surface area (Å²) < 4.78 is 0. The molecular formula is C18H23ClN4O. The first-order valence-corrected chi connectivity index (χ1v) is 8.72. The Hall–Kier alpha value is -1.85. The number of anilines is 3. The molecule has 0 aliphatic heterocycles. The van der Waals surface area contributed by atoms with Crippen LogP contribution >= 0.6 is 11.6 Å². The Morgan fingerprint density at radius 1 is 1.25 bits per heavy atom. The van der Waals surface area contributed by atoms with E-state index in [1.165, 1.54) is 0 Å². The summed E-state index contributed by atoms with van der Waals surface area (Å²) in [7, 11) is 0. The van der Waals surface area contributed by atoms with E-state index in [9.17, 15) is 5.11 Å². The van der Waals surface area contributed by atoms with Crippen LogP contribution in [0.2, 0.25) is 5.02 Å². The molecule has 3 rings (SSSR count). The van der Waals surface area contributed by atoms with Gasteiger partial charge in [0.05, 0.1) is 29.1 Å². The molecule has 1 aromatic heterocycles. The molecule has 1 saturated carbocycles. The van der Waals surface area contributed by atoms with Crippen LogP contribution in [0.4, 0.5) is 17.5 Å². The van der Waals surface area contributed by atoms with Crippen molar-refractivity contribution >= 4 is 29.1 Å². The molecule has 0 saturated heterocycles. The van der Waals surface area contributed by atoms with Gasteiger partial charge in [0.2, 0.25) is 5.95 Å². The SMILES string of the molecule is CC(C)[C@H](CO)Nc1nc(Nc2ccccc2Cl)cc(C2CC2)n1. The minimum absolute atomic E-state index is 0.0436. The number of rotatable bonds is 7. The zero-order valence-electron chi connectivity index (χ0n) is 14.0. The van der Waals surface area contributed by atoms with Gasteiger partial charge >= 0.3 is 0 Å². The molecule has 1 heterocycles. The van der Waals surface area contributed by atoms with Gasteiger partial charge < -0.3 is 15.7 Å². The van der Waals surface area contributed by atoms with Crippen LogP contribution < -0.4 is 10.6 Å². The Labute approximate surface area is 147 Å². The van der Waals surface area contributed by atoms with Crippen molar-refractivity contribution in [3.8, 4) is 0 Å². The fourth-order valence-corrected chi connectivity index (χ4v) is 2.66. The number of halogens is 1. The van der Waals surface area contributed by atoms with Gasteiger partial charge in [-0.05, 0) is 30.9 Å². The maximum Gasteiger partial charge on any atom is 0.225 e. The number of nitrogens with zero attached hydrogens (tertiary/aromatic N) is 2. The van der Waals surface area contributed by atoms with E-state index >= 15 is 0 Å². The van der Waals surface area contributed by atoms with E-state index in [1.807, 2.05) is 30.3 Å². The fourth-order valence-electron chi connectivity index (χ4n) is 2.47. The van der Waals surface area contributed by atoms with E-state index in [2.05, 4.69) is 34.4 Å². The van der Waals surface area contributed by atoms with E-state index in [0.29, 0.717) is 22.7 Å². The molecule has 0 spiro atoms. The molecule has 0 amide bonds. The minimum atomic E-state index is -0.0763. The summed E-state index contributed by atoms with van der Waals surface area (Å²) in [6.07, 6.45) is 2.32. The summed E-state index contributed by atoms with van der Waals surface area (Å²) in [5, 5.41) is 16.7. The van der Waals surface area contributed by atoms with Crippen molar-refractivity contribution in [1.82, 2.24) is 9.97 Å². The molecule has 1 aromatic carbocycles. The van der Waals surface area contributed by atoms with E-state index in [0.717, 1.165) is 24.2 Å². The van der Waals surface area contributed by atoms with E-state index in [-0.39, 0.29) is 18.6 Å². The van der Waals surface area contributed by atoms with Gasteiger partial charge in [-0.2, -0.15) is 4.98 Å². The predicted molar refractivity (Wildman–Crippen MR) is 98.1 cm³/mol. The van der Waals surface area contributed by atoms with Crippen LogP contribution in [0.1, 0.15) is 38.3 Å². The van der Waals surface area contributed by atoms with Crippen molar-refractivity contribution in [3.05, 3.63) is 41.0 Å². The molecule has 5 nitrogen and oxygen atoms in total. The molecule has 0 unspecified atom stereocenters. The van der Waals surface area contributed by atoms with E-state index in [4.69, 9.17) is 11.6 Å². The lowest BCUT2D eigenvalue weighted by molar-refractivity contribution is 0.248. The van der Waals surface area contributed by atoms with Crippen LogP contribution in [0.25, 0.3) is 0 Å². The minimum Gasteiger partial charge on any atom is -0.394 e. The molecule has 0 bridgehead atoms. The number of benzene rings is 1. The molecule has 3 N–H and O–H groups in total. The Morgan fingerprint density at radius 2 is 2.00 bits per heavy atom. The Bertz CT molecular complexity index is 703. The zero-order chi connectivity index (χ0) is 17.1. The van der Waals surface area contributed by atoms with Crippen LogP contribution in [0, 0.1) is 5.92 Å². The normalized spacial score (nSPS) is 15.4. The van der Waals surface area contributed by atoms with Gasteiger partial charge in [0, 0.05) is 12.0 Å². The molecule has 1 atom stereocenters. The third-order valence-corrected chi connectivity index (χ3v) is 4.52. The second kappa shape index (κ2) is 7.36. The van der Waals surface area contributed by atoms with Gasteiger partial charge in [0.15, 0.2) is 0 Å². The van der Waals surface area contributed by atoms with E-state index in [1.54, 1.807) is 0 Å². The molecule has 2 aromatic rings. The molecule has 1 fully saturated rings. The smallest absolute Gasteiger partial charge is 0.225 e. The molecular weight excluding hydrogens is 324 g/mol. The van der Waals surface area contributed by atoms with Gasteiger partial charge in [-0.3, -0.25) is 0 Å². The van der Waals surface area contributed by atoms with Crippen LogP contribution in [-0.2, 0) is 0 Å². The zero-order valence-corrected chi connectivity index (χ0v) is 14.7. The number of aromatic nitrogens is 2. The van der Waals surface area contributed by atoms with Gasteiger partial charge in [-0.25, -0.2) is 4.98 Å². The predicted octanol–water partition coefficient (Wildman–Crippen LogP) is 4.18. The number of para-hydroxylation sites is 1. The van der Waals surface area contributed by atoms with Crippen molar-refractivity contribution in [2.45, 2.75) is 38.6 Å². The lowest BCUT2D eigenvalue weighted by Crippen LogP contribution is -2.30. The summed E-state index contributed by atoms with van der Waals surface area (Å²) >= 11 is 6.22. The lowest BCUT2D eigenvalue weighted by Gasteiger charge is -2.20. The first kappa shape index (κ1) is 17.0. The summed E-state index contributed by atoms with van der Waals surface area (Å²) in [4.78, 5) is 9.17. The lowest BCUT2D eigenvalue weighted by atomic mass is 10.1. The van der Waals surface area contributed by atoms with Crippen LogP contribution in [0.3, 0.4) is 0 Å².